The Balaban J connectivity index is 1.91. The number of thiazole rings is 1. The minimum Gasteiger partial charge on any atom is -0.462 e. The lowest BCUT2D eigenvalue weighted by Gasteiger charge is -2.17. The Morgan fingerprint density at radius 2 is 2.30 bits per heavy atom. The van der Waals surface area contributed by atoms with Crippen LogP contribution in [0.3, 0.4) is 0 Å². The fraction of sp³-hybridized carbons (Fsp3) is 0.643. The Bertz CT molecular complexity index is 473. The van der Waals surface area contributed by atoms with Crippen molar-refractivity contribution in [3.8, 4) is 0 Å². The molecule has 0 radical (unpaired) electrons. The molecular weight excluding hydrogens is 276 g/mol. The fourth-order valence-electron chi connectivity index (χ4n) is 2.41. The molecule has 0 bridgehead atoms. The van der Waals surface area contributed by atoms with Gasteiger partial charge in [0.25, 0.3) is 0 Å². The molecule has 6 heteroatoms. The number of carbonyl (C=O) groups excluding carboxylic acids is 2. The Morgan fingerprint density at radius 1 is 1.55 bits per heavy atom. The van der Waals surface area contributed by atoms with E-state index in [4.69, 9.17) is 4.74 Å². The third kappa shape index (κ3) is 3.56. The highest BCUT2D eigenvalue weighted by Crippen LogP contribution is 2.27. The molecule has 0 spiro atoms. The molecule has 1 aliphatic rings. The smallest absolute Gasteiger partial charge is 0.311 e. The standard InChI is InChI=1S/C14H20N2O3S/c1-9(2)6-10(3)19-13(18)11-7-12(17)16(8-11)14-15-4-5-20-14/h4-5,9-11H,6-8H2,1-3H3/t10-,11+/m0/s1. The molecule has 0 aromatic carbocycles. The van der Waals surface area contributed by atoms with Crippen molar-refractivity contribution in [1.82, 2.24) is 4.98 Å². The number of hydrogen-bond acceptors (Lipinski definition) is 5. The molecule has 1 aromatic heterocycles. The van der Waals surface area contributed by atoms with Crippen molar-refractivity contribution < 1.29 is 14.3 Å². The first-order valence-corrected chi connectivity index (χ1v) is 7.75. The van der Waals surface area contributed by atoms with Crippen LogP contribution in [0.4, 0.5) is 5.13 Å². The van der Waals surface area contributed by atoms with E-state index in [1.807, 2.05) is 12.3 Å². The molecule has 1 aromatic rings. The third-order valence-electron chi connectivity index (χ3n) is 3.23. The molecule has 0 unspecified atom stereocenters. The maximum atomic E-state index is 12.1. The monoisotopic (exact) mass is 296 g/mol. The van der Waals surface area contributed by atoms with Gasteiger partial charge < -0.3 is 4.74 Å². The second kappa shape index (κ2) is 6.35. The van der Waals surface area contributed by atoms with Crippen LogP contribution in [0.25, 0.3) is 0 Å². The number of rotatable bonds is 5. The highest BCUT2D eigenvalue weighted by Gasteiger charge is 2.37. The van der Waals surface area contributed by atoms with E-state index in [1.54, 1.807) is 11.1 Å². The molecule has 0 saturated carbocycles. The predicted molar refractivity (Wildman–Crippen MR) is 77.6 cm³/mol. The Kier molecular flexibility index (Phi) is 4.75. The average molecular weight is 296 g/mol. The molecule has 20 heavy (non-hydrogen) atoms. The topological polar surface area (TPSA) is 59.5 Å². The summed E-state index contributed by atoms with van der Waals surface area (Å²) in [6.07, 6.45) is 2.60. The minimum atomic E-state index is -0.374. The SMILES string of the molecule is CC(C)C[C@H](C)OC(=O)[C@@H]1CC(=O)N(c2nccs2)C1. The van der Waals surface area contributed by atoms with Crippen LogP contribution in [0.5, 0.6) is 0 Å². The second-order valence-electron chi connectivity index (χ2n) is 5.60. The summed E-state index contributed by atoms with van der Waals surface area (Å²) in [6.45, 7) is 6.45. The molecule has 2 heterocycles. The maximum absolute atomic E-state index is 12.1. The van der Waals surface area contributed by atoms with E-state index in [2.05, 4.69) is 18.8 Å². The first kappa shape index (κ1) is 15.0. The zero-order valence-electron chi connectivity index (χ0n) is 12.0. The molecule has 1 amide bonds. The number of hydrogen-bond donors (Lipinski definition) is 0. The Hall–Kier alpha value is -1.43. The van der Waals surface area contributed by atoms with Gasteiger partial charge in [-0.15, -0.1) is 11.3 Å². The van der Waals surface area contributed by atoms with E-state index in [1.165, 1.54) is 11.3 Å². The summed E-state index contributed by atoms with van der Waals surface area (Å²) in [6, 6.07) is 0. The number of carbonyl (C=O) groups is 2. The van der Waals surface area contributed by atoms with E-state index in [-0.39, 0.29) is 30.3 Å². The first-order valence-electron chi connectivity index (χ1n) is 6.87. The zero-order valence-corrected chi connectivity index (χ0v) is 12.9. The maximum Gasteiger partial charge on any atom is 0.311 e. The van der Waals surface area contributed by atoms with Gasteiger partial charge in [-0.25, -0.2) is 4.98 Å². The van der Waals surface area contributed by atoms with E-state index in [0.29, 0.717) is 17.6 Å². The highest BCUT2D eigenvalue weighted by atomic mass is 32.1. The van der Waals surface area contributed by atoms with Crippen LogP contribution < -0.4 is 4.90 Å². The van der Waals surface area contributed by atoms with Gasteiger partial charge in [-0.1, -0.05) is 13.8 Å². The van der Waals surface area contributed by atoms with E-state index in [9.17, 15) is 9.59 Å². The number of nitrogens with zero attached hydrogens (tertiary/aromatic N) is 2. The minimum absolute atomic E-state index is 0.0570. The summed E-state index contributed by atoms with van der Waals surface area (Å²) in [5.74, 6) is -0.222. The van der Waals surface area contributed by atoms with Crippen LogP contribution in [-0.4, -0.2) is 29.5 Å². The summed E-state index contributed by atoms with van der Waals surface area (Å²) in [7, 11) is 0. The van der Waals surface area contributed by atoms with Crippen LogP contribution in [0.15, 0.2) is 11.6 Å². The summed E-state index contributed by atoms with van der Waals surface area (Å²) >= 11 is 1.40. The van der Waals surface area contributed by atoms with E-state index < -0.39 is 0 Å². The van der Waals surface area contributed by atoms with E-state index in [0.717, 1.165) is 6.42 Å². The van der Waals surface area contributed by atoms with Gasteiger partial charge in [0.15, 0.2) is 5.13 Å². The average Bonchev–Trinajstić information content (AvgIpc) is 2.95. The van der Waals surface area contributed by atoms with Gasteiger partial charge in [0.1, 0.15) is 0 Å². The van der Waals surface area contributed by atoms with Gasteiger partial charge in [-0.05, 0) is 19.3 Å². The van der Waals surface area contributed by atoms with Crippen LogP contribution in [-0.2, 0) is 14.3 Å². The Morgan fingerprint density at radius 3 is 2.90 bits per heavy atom. The molecule has 2 rings (SSSR count). The van der Waals surface area contributed by atoms with Gasteiger partial charge in [0, 0.05) is 24.5 Å². The summed E-state index contributed by atoms with van der Waals surface area (Å²) in [5.41, 5.74) is 0. The molecule has 0 aliphatic carbocycles. The van der Waals surface area contributed by atoms with Crippen molar-refractivity contribution in [3.05, 3.63) is 11.6 Å². The number of amides is 1. The molecule has 1 fully saturated rings. The molecular formula is C14H20N2O3S. The van der Waals surface area contributed by atoms with Crippen LogP contribution in [0.2, 0.25) is 0 Å². The first-order chi connectivity index (χ1) is 9.47. The van der Waals surface area contributed by atoms with Crippen molar-refractivity contribution in [3.63, 3.8) is 0 Å². The van der Waals surface area contributed by atoms with E-state index >= 15 is 0 Å². The summed E-state index contributed by atoms with van der Waals surface area (Å²) < 4.78 is 5.42. The second-order valence-corrected chi connectivity index (χ2v) is 6.47. The van der Waals surface area contributed by atoms with Crippen LogP contribution >= 0.6 is 11.3 Å². The van der Waals surface area contributed by atoms with Crippen molar-refractivity contribution in [1.29, 1.82) is 0 Å². The predicted octanol–water partition coefficient (Wildman–Crippen LogP) is 2.47. The highest BCUT2D eigenvalue weighted by molar-refractivity contribution is 7.13. The molecule has 2 atom stereocenters. The molecule has 110 valence electrons. The van der Waals surface area contributed by atoms with Crippen molar-refractivity contribution >= 4 is 28.3 Å². The number of anilines is 1. The lowest BCUT2D eigenvalue weighted by Crippen LogP contribution is -2.27. The van der Waals surface area contributed by atoms with Gasteiger partial charge in [0.2, 0.25) is 5.91 Å². The fourth-order valence-corrected chi connectivity index (χ4v) is 3.07. The van der Waals surface area contributed by atoms with Crippen molar-refractivity contribution in [2.75, 3.05) is 11.4 Å². The van der Waals surface area contributed by atoms with Gasteiger partial charge in [0.05, 0.1) is 12.0 Å². The zero-order chi connectivity index (χ0) is 14.7. The molecule has 1 saturated heterocycles. The van der Waals surface area contributed by atoms with Crippen molar-refractivity contribution in [2.45, 2.75) is 39.7 Å². The van der Waals surface area contributed by atoms with Gasteiger partial charge in [-0.2, -0.15) is 0 Å². The largest absolute Gasteiger partial charge is 0.462 e. The number of aromatic nitrogens is 1. The summed E-state index contributed by atoms with van der Waals surface area (Å²) in [5, 5.41) is 2.47. The van der Waals surface area contributed by atoms with Gasteiger partial charge in [-0.3, -0.25) is 14.5 Å². The molecule has 0 N–H and O–H groups in total. The molecule has 5 nitrogen and oxygen atoms in total. The lowest BCUT2D eigenvalue weighted by molar-refractivity contribution is -0.153. The van der Waals surface area contributed by atoms with Crippen LogP contribution in [0, 0.1) is 11.8 Å². The third-order valence-corrected chi connectivity index (χ3v) is 4.02. The normalized spacial score (nSPS) is 20.5. The number of ether oxygens (including phenoxy) is 1. The van der Waals surface area contributed by atoms with Gasteiger partial charge >= 0.3 is 5.97 Å². The Labute approximate surface area is 122 Å². The quantitative estimate of drug-likeness (QED) is 0.783. The number of esters is 1. The summed E-state index contributed by atoms with van der Waals surface area (Å²) in [4.78, 5) is 29.7. The van der Waals surface area contributed by atoms with Crippen molar-refractivity contribution in [2.24, 2.45) is 11.8 Å². The molecule has 1 aliphatic heterocycles. The lowest BCUT2D eigenvalue weighted by atomic mass is 10.1. The van der Waals surface area contributed by atoms with Crippen LogP contribution in [0.1, 0.15) is 33.6 Å².